The molecule has 0 amide bonds. The lowest BCUT2D eigenvalue weighted by atomic mass is 10.0. The van der Waals surface area contributed by atoms with Gasteiger partial charge in [0.1, 0.15) is 0 Å². The van der Waals surface area contributed by atoms with Crippen LogP contribution in [0.15, 0.2) is 24.3 Å². The zero-order valence-electron chi connectivity index (χ0n) is 18.4. The van der Waals surface area contributed by atoms with Gasteiger partial charge in [0.2, 0.25) is 0 Å². The maximum atomic E-state index is 4.54. The molecule has 0 aromatic heterocycles. The van der Waals surface area contributed by atoms with Gasteiger partial charge in [-0.3, -0.25) is 0 Å². The van der Waals surface area contributed by atoms with Crippen molar-refractivity contribution in [2.75, 3.05) is 13.7 Å². The van der Waals surface area contributed by atoms with Crippen molar-refractivity contribution in [1.29, 1.82) is 0 Å². The Balaban J connectivity index is -0.000000155. The summed E-state index contributed by atoms with van der Waals surface area (Å²) in [6.45, 7) is 14.0. The third-order valence-corrected chi connectivity index (χ3v) is 4.48. The van der Waals surface area contributed by atoms with Crippen LogP contribution < -0.4 is 0 Å². The van der Waals surface area contributed by atoms with Gasteiger partial charge in [0.25, 0.3) is 0 Å². The number of rotatable bonds is 10. The Morgan fingerprint density at radius 1 is 0.815 bits per heavy atom. The van der Waals surface area contributed by atoms with E-state index in [0.29, 0.717) is 0 Å². The van der Waals surface area contributed by atoms with Crippen molar-refractivity contribution >= 4 is 0 Å². The average Bonchev–Trinajstić information content (AvgIpc) is 2.65. The van der Waals surface area contributed by atoms with Crippen molar-refractivity contribution in [3.05, 3.63) is 35.4 Å². The van der Waals surface area contributed by atoms with Crippen molar-refractivity contribution < 1.29 is 4.74 Å². The van der Waals surface area contributed by atoms with Crippen LogP contribution in [0.4, 0.5) is 0 Å². The molecule has 1 heteroatoms. The van der Waals surface area contributed by atoms with Gasteiger partial charge in [-0.1, -0.05) is 117 Å². The van der Waals surface area contributed by atoms with Crippen molar-refractivity contribution in [3.63, 3.8) is 0 Å². The first-order valence-electron chi connectivity index (χ1n) is 10.6. The highest BCUT2D eigenvalue weighted by atomic mass is 16.5. The summed E-state index contributed by atoms with van der Waals surface area (Å²) in [5.41, 5.74) is 2.82. The second kappa shape index (κ2) is 27.4. The summed E-state index contributed by atoms with van der Waals surface area (Å²) in [5, 5.41) is 0. The number of hydrogen-bond donors (Lipinski definition) is 0. The van der Waals surface area contributed by atoms with E-state index in [1.54, 1.807) is 7.11 Å². The maximum absolute atomic E-state index is 4.54. The molecule has 0 saturated heterocycles. The standard InChI is InChI=1S/C11H16.C10H22.C3H8O.2CH4/c1-3-4-5-11-8-6-10(2)7-9-11;1-4-6-7-8-9-10(3)5-2;1-3-4-2;;/h6-9H,3-5H2,1-2H3;10H,4-9H2,1-3H3;3H2,1-2H3;2*1H4. The van der Waals surface area contributed by atoms with Crippen molar-refractivity contribution in [3.8, 4) is 0 Å². The van der Waals surface area contributed by atoms with Crippen LogP contribution in [0.5, 0.6) is 0 Å². The Kier molecular flexibility index (Phi) is 34.2. The predicted molar refractivity (Wildman–Crippen MR) is 129 cm³/mol. The Hall–Kier alpha value is -0.820. The van der Waals surface area contributed by atoms with Gasteiger partial charge in [-0.2, -0.15) is 0 Å². The van der Waals surface area contributed by atoms with Gasteiger partial charge in [-0.25, -0.2) is 0 Å². The zero-order chi connectivity index (χ0) is 19.3. The topological polar surface area (TPSA) is 9.23 Å². The second-order valence-electron chi connectivity index (χ2n) is 7.03. The van der Waals surface area contributed by atoms with E-state index in [9.17, 15) is 0 Å². The molecule has 0 bridgehead atoms. The number of ether oxygens (including phenoxy) is 1. The lowest BCUT2D eigenvalue weighted by Crippen LogP contribution is -1.91. The first kappa shape index (κ1) is 33.7. The Labute approximate surface area is 174 Å². The summed E-state index contributed by atoms with van der Waals surface area (Å²) >= 11 is 0. The molecule has 0 aliphatic rings. The number of unbranched alkanes of at least 4 members (excludes halogenated alkanes) is 4. The third kappa shape index (κ3) is 27.5. The Morgan fingerprint density at radius 3 is 1.74 bits per heavy atom. The lowest BCUT2D eigenvalue weighted by Gasteiger charge is -2.06. The molecule has 27 heavy (non-hydrogen) atoms. The number of hydrogen-bond acceptors (Lipinski definition) is 1. The molecule has 164 valence electrons. The monoisotopic (exact) mass is 382 g/mol. The smallest absolute Gasteiger partial charge is 0.0433 e. The van der Waals surface area contributed by atoms with Gasteiger partial charge in [-0.15, -0.1) is 0 Å². The first-order chi connectivity index (χ1) is 12.0. The molecule has 1 aromatic carbocycles. The minimum atomic E-state index is 0. The fourth-order valence-electron chi connectivity index (χ4n) is 2.26. The van der Waals surface area contributed by atoms with Crippen molar-refractivity contribution in [1.82, 2.24) is 0 Å². The van der Waals surface area contributed by atoms with E-state index in [1.165, 1.54) is 68.9 Å². The molecule has 1 unspecified atom stereocenters. The number of methoxy groups -OCH3 is 1. The molecule has 1 nitrogen and oxygen atoms in total. The van der Waals surface area contributed by atoms with E-state index in [1.807, 2.05) is 6.92 Å². The fourth-order valence-corrected chi connectivity index (χ4v) is 2.26. The van der Waals surface area contributed by atoms with Crippen LogP contribution in [0.2, 0.25) is 0 Å². The van der Waals surface area contributed by atoms with Crippen LogP contribution in [0.3, 0.4) is 0 Å². The summed E-state index contributed by atoms with van der Waals surface area (Å²) < 4.78 is 4.54. The SMILES string of the molecule is C.C.CCCCCCC(C)CC.CCCCc1ccc(C)cc1.CCOC. The van der Waals surface area contributed by atoms with Crippen molar-refractivity contribution in [2.24, 2.45) is 5.92 Å². The highest BCUT2D eigenvalue weighted by molar-refractivity contribution is 5.21. The van der Waals surface area contributed by atoms with Crippen LogP contribution >= 0.6 is 0 Å². The van der Waals surface area contributed by atoms with Crippen LogP contribution in [-0.4, -0.2) is 13.7 Å². The van der Waals surface area contributed by atoms with E-state index in [-0.39, 0.29) is 14.9 Å². The molecule has 0 heterocycles. The summed E-state index contributed by atoms with van der Waals surface area (Å²) in [6.07, 6.45) is 12.3. The molecule has 0 fully saturated rings. The van der Waals surface area contributed by atoms with E-state index < -0.39 is 0 Å². The van der Waals surface area contributed by atoms with Gasteiger partial charge >= 0.3 is 0 Å². The highest BCUT2D eigenvalue weighted by Crippen LogP contribution is 2.12. The molecule has 0 saturated carbocycles. The summed E-state index contributed by atoms with van der Waals surface area (Å²) in [7, 11) is 1.68. The molecule has 1 aromatic rings. The average molecular weight is 383 g/mol. The quantitative estimate of drug-likeness (QED) is 0.366. The first-order valence-corrected chi connectivity index (χ1v) is 10.6. The molecule has 0 aliphatic carbocycles. The summed E-state index contributed by atoms with van der Waals surface area (Å²) in [6, 6.07) is 8.83. The minimum absolute atomic E-state index is 0. The van der Waals surface area contributed by atoms with Gasteiger partial charge in [-0.05, 0) is 38.2 Å². The highest BCUT2D eigenvalue weighted by Gasteiger charge is 1.96. The molecule has 0 N–H and O–H groups in total. The zero-order valence-corrected chi connectivity index (χ0v) is 18.4. The molecule has 1 atom stereocenters. The largest absolute Gasteiger partial charge is 0.385 e. The number of aryl methyl sites for hydroxylation is 2. The van der Waals surface area contributed by atoms with Gasteiger partial charge in [0.15, 0.2) is 0 Å². The lowest BCUT2D eigenvalue weighted by molar-refractivity contribution is 0.215. The van der Waals surface area contributed by atoms with Crippen LogP contribution in [0.25, 0.3) is 0 Å². The fraction of sp³-hybridized carbons (Fsp3) is 0.769. The van der Waals surface area contributed by atoms with E-state index in [0.717, 1.165) is 12.5 Å². The second-order valence-corrected chi connectivity index (χ2v) is 7.03. The van der Waals surface area contributed by atoms with Crippen LogP contribution in [0.1, 0.15) is 112 Å². The molecule has 1 rings (SSSR count). The maximum Gasteiger partial charge on any atom is 0.0433 e. The summed E-state index contributed by atoms with van der Waals surface area (Å²) in [4.78, 5) is 0. The van der Waals surface area contributed by atoms with Gasteiger partial charge in [0, 0.05) is 13.7 Å². The predicted octanol–water partition coefficient (Wildman–Crippen LogP) is 9.27. The van der Waals surface area contributed by atoms with Gasteiger partial charge in [0.05, 0.1) is 0 Å². The minimum Gasteiger partial charge on any atom is -0.385 e. The molecule has 0 aliphatic heterocycles. The Morgan fingerprint density at radius 2 is 1.33 bits per heavy atom. The van der Waals surface area contributed by atoms with Gasteiger partial charge < -0.3 is 4.74 Å². The molecule has 0 spiro atoms. The molecule has 0 radical (unpaired) electrons. The normalized spacial score (nSPS) is 10.2. The van der Waals surface area contributed by atoms with Crippen LogP contribution in [0, 0.1) is 12.8 Å². The Bertz CT molecular complexity index is 340. The third-order valence-electron chi connectivity index (χ3n) is 4.48. The van der Waals surface area contributed by atoms with E-state index in [2.05, 4.69) is 63.6 Å². The van der Waals surface area contributed by atoms with E-state index >= 15 is 0 Å². The van der Waals surface area contributed by atoms with E-state index in [4.69, 9.17) is 0 Å². The number of benzene rings is 1. The van der Waals surface area contributed by atoms with Crippen LogP contribution in [-0.2, 0) is 11.2 Å². The van der Waals surface area contributed by atoms with Crippen molar-refractivity contribution in [2.45, 2.75) is 114 Å². The molecular formula is C26H54O. The summed E-state index contributed by atoms with van der Waals surface area (Å²) in [5.74, 6) is 0.955. The molecular weight excluding hydrogens is 328 g/mol.